The number of amides is 1. The van der Waals surface area contributed by atoms with Gasteiger partial charge in [-0.3, -0.25) is 4.79 Å². The molecule has 146 valence electrons. The van der Waals surface area contributed by atoms with Crippen LogP contribution >= 0.6 is 12.4 Å². The first-order valence-corrected chi connectivity index (χ1v) is 9.02. The normalized spacial score (nSPS) is 17.6. The van der Waals surface area contributed by atoms with Gasteiger partial charge in [-0.05, 0) is 18.2 Å². The van der Waals surface area contributed by atoms with Crippen LogP contribution in [0.3, 0.4) is 0 Å². The lowest BCUT2D eigenvalue weighted by Crippen LogP contribution is -2.50. The Hall–Kier alpha value is -2.24. The fourth-order valence-electron chi connectivity index (χ4n) is 3.28. The highest BCUT2D eigenvalue weighted by Crippen LogP contribution is 2.31. The topological polar surface area (TPSA) is 50.8 Å². The third-order valence-corrected chi connectivity index (χ3v) is 4.69. The van der Waals surface area contributed by atoms with Gasteiger partial charge in [0.15, 0.2) is 0 Å². The Balaban J connectivity index is 0.00000261. The van der Waals surface area contributed by atoms with Crippen LogP contribution in [0, 0.1) is 5.92 Å². The van der Waals surface area contributed by atoms with Gasteiger partial charge in [0.2, 0.25) is 5.91 Å². The first kappa shape index (κ1) is 21.1. The SMILES string of the molecule is COc1ccccc1C1CNCCN1C(=O)C(C)COc1ccccc1.Cl. The molecule has 6 heteroatoms. The second kappa shape index (κ2) is 10.2. The van der Waals surface area contributed by atoms with E-state index < -0.39 is 0 Å². The van der Waals surface area contributed by atoms with Crippen molar-refractivity contribution in [1.29, 1.82) is 0 Å². The molecule has 2 aromatic carbocycles. The molecule has 2 aromatic rings. The van der Waals surface area contributed by atoms with Crippen LogP contribution in [0.2, 0.25) is 0 Å². The lowest BCUT2D eigenvalue weighted by Gasteiger charge is -2.38. The molecule has 1 fully saturated rings. The van der Waals surface area contributed by atoms with Crippen molar-refractivity contribution < 1.29 is 14.3 Å². The number of piperazine rings is 1. The summed E-state index contributed by atoms with van der Waals surface area (Å²) in [6, 6.07) is 17.5. The largest absolute Gasteiger partial charge is 0.496 e. The predicted molar refractivity (Wildman–Crippen MR) is 109 cm³/mol. The standard InChI is InChI=1S/C21H26N2O3.ClH/c1-16(15-26-17-8-4-3-5-9-17)21(24)23-13-12-22-14-19(23)18-10-6-7-11-20(18)25-2;/h3-11,16,19,22H,12-15H2,1-2H3;1H. The third-order valence-electron chi connectivity index (χ3n) is 4.69. The summed E-state index contributed by atoms with van der Waals surface area (Å²) in [6.07, 6.45) is 0. The highest BCUT2D eigenvalue weighted by molar-refractivity contribution is 5.85. The summed E-state index contributed by atoms with van der Waals surface area (Å²) in [5, 5.41) is 3.39. The molecule has 1 aliphatic heterocycles. The fraction of sp³-hybridized carbons (Fsp3) is 0.381. The minimum Gasteiger partial charge on any atom is -0.496 e. The maximum atomic E-state index is 13.1. The Morgan fingerprint density at radius 1 is 1.19 bits per heavy atom. The zero-order valence-corrected chi connectivity index (χ0v) is 16.6. The van der Waals surface area contributed by atoms with Gasteiger partial charge >= 0.3 is 0 Å². The first-order chi connectivity index (χ1) is 12.7. The Labute approximate surface area is 167 Å². The number of carbonyl (C=O) groups excluding carboxylic acids is 1. The first-order valence-electron chi connectivity index (χ1n) is 9.02. The van der Waals surface area contributed by atoms with Crippen molar-refractivity contribution in [2.75, 3.05) is 33.4 Å². The average molecular weight is 391 g/mol. The Morgan fingerprint density at radius 2 is 1.89 bits per heavy atom. The Bertz CT molecular complexity index is 726. The van der Waals surface area contributed by atoms with Crippen LogP contribution in [-0.2, 0) is 4.79 Å². The Kier molecular flexibility index (Phi) is 7.95. The summed E-state index contributed by atoms with van der Waals surface area (Å²) in [7, 11) is 1.66. The maximum absolute atomic E-state index is 13.1. The molecule has 0 bridgehead atoms. The maximum Gasteiger partial charge on any atom is 0.229 e. The van der Waals surface area contributed by atoms with Gasteiger partial charge in [0.25, 0.3) is 0 Å². The number of para-hydroxylation sites is 2. The van der Waals surface area contributed by atoms with Gasteiger partial charge in [-0.25, -0.2) is 0 Å². The van der Waals surface area contributed by atoms with Crippen LogP contribution in [0.4, 0.5) is 0 Å². The number of nitrogens with one attached hydrogen (secondary N) is 1. The van der Waals surface area contributed by atoms with E-state index in [-0.39, 0.29) is 30.3 Å². The number of benzene rings is 2. The molecule has 1 heterocycles. The molecule has 2 unspecified atom stereocenters. The summed E-state index contributed by atoms with van der Waals surface area (Å²) in [5.74, 6) is 1.49. The molecule has 1 amide bonds. The quantitative estimate of drug-likeness (QED) is 0.822. The number of halogens is 1. The predicted octanol–water partition coefficient (Wildman–Crippen LogP) is 3.31. The minimum absolute atomic E-state index is 0. The van der Waals surface area contributed by atoms with Crippen molar-refractivity contribution in [2.45, 2.75) is 13.0 Å². The van der Waals surface area contributed by atoms with Crippen LogP contribution in [0.1, 0.15) is 18.5 Å². The lowest BCUT2D eigenvalue weighted by atomic mass is 10.00. The highest BCUT2D eigenvalue weighted by atomic mass is 35.5. The molecule has 1 aliphatic rings. The molecular weight excluding hydrogens is 364 g/mol. The fourth-order valence-corrected chi connectivity index (χ4v) is 3.28. The van der Waals surface area contributed by atoms with Crippen molar-refractivity contribution in [3.8, 4) is 11.5 Å². The molecule has 3 rings (SSSR count). The number of hydrogen-bond acceptors (Lipinski definition) is 4. The van der Waals surface area contributed by atoms with E-state index in [0.717, 1.165) is 30.2 Å². The highest BCUT2D eigenvalue weighted by Gasteiger charge is 2.32. The second-order valence-corrected chi connectivity index (χ2v) is 6.52. The van der Waals surface area contributed by atoms with Crippen molar-refractivity contribution in [1.82, 2.24) is 10.2 Å². The molecule has 0 saturated carbocycles. The van der Waals surface area contributed by atoms with Gasteiger partial charge < -0.3 is 19.7 Å². The number of nitrogens with zero attached hydrogens (tertiary/aromatic N) is 1. The number of hydrogen-bond donors (Lipinski definition) is 1. The number of rotatable bonds is 6. The Morgan fingerprint density at radius 3 is 2.63 bits per heavy atom. The van der Waals surface area contributed by atoms with Crippen molar-refractivity contribution in [2.24, 2.45) is 5.92 Å². The smallest absolute Gasteiger partial charge is 0.229 e. The van der Waals surface area contributed by atoms with Gasteiger partial charge in [0.05, 0.1) is 25.7 Å². The molecule has 1 N–H and O–H groups in total. The molecule has 0 radical (unpaired) electrons. The number of carbonyl (C=O) groups is 1. The van der Waals surface area contributed by atoms with Crippen molar-refractivity contribution in [3.63, 3.8) is 0 Å². The van der Waals surface area contributed by atoms with Gasteiger partial charge in [-0.15, -0.1) is 12.4 Å². The van der Waals surface area contributed by atoms with Gasteiger partial charge in [-0.2, -0.15) is 0 Å². The van der Waals surface area contributed by atoms with E-state index in [0.29, 0.717) is 13.2 Å². The summed E-state index contributed by atoms with van der Waals surface area (Å²) < 4.78 is 11.3. The molecule has 0 spiro atoms. The van der Waals surface area contributed by atoms with Crippen LogP contribution in [-0.4, -0.2) is 44.2 Å². The molecule has 1 saturated heterocycles. The summed E-state index contributed by atoms with van der Waals surface area (Å²) in [6.45, 7) is 4.48. The van der Waals surface area contributed by atoms with E-state index in [9.17, 15) is 4.79 Å². The molecule has 27 heavy (non-hydrogen) atoms. The molecule has 0 aliphatic carbocycles. The van der Waals surface area contributed by atoms with Crippen LogP contribution in [0.5, 0.6) is 11.5 Å². The monoisotopic (exact) mass is 390 g/mol. The van der Waals surface area contributed by atoms with Gasteiger partial charge in [-0.1, -0.05) is 43.3 Å². The third kappa shape index (κ3) is 5.15. The van der Waals surface area contributed by atoms with E-state index in [1.165, 1.54) is 0 Å². The summed E-state index contributed by atoms with van der Waals surface area (Å²) in [5.41, 5.74) is 1.03. The molecule has 2 atom stereocenters. The number of methoxy groups -OCH3 is 1. The van der Waals surface area contributed by atoms with Crippen molar-refractivity contribution >= 4 is 18.3 Å². The lowest BCUT2D eigenvalue weighted by molar-refractivity contribution is -0.139. The summed E-state index contributed by atoms with van der Waals surface area (Å²) >= 11 is 0. The minimum atomic E-state index is -0.217. The molecule has 0 aromatic heterocycles. The van der Waals surface area contributed by atoms with Crippen LogP contribution in [0.15, 0.2) is 54.6 Å². The van der Waals surface area contributed by atoms with E-state index in [2.05, 4.69) is 5.32 Å². The van der Waals surface area contributed by atoms with Crippen LogP contribution < -0.4 is 14.8 Å². The van der Waals surface area contributed by atoms with E-state index in [4.69, 9.17) is 9.47 Å². The van der Waals surface area contributed by atoms with Gasteiger partial charge in [0, 0.05) is 25.2 Å². The van der Waals surface area contributed by atoms with E-state index >= 15 is 0 Å². The van der Waals surface area contributed by atoms with E-state index in [1.807, 2.05) is 66.4 Å². The zero-order chi connectivity index (χ0) is 18.4. The van der Waals surface area contributed by atoms with Crippen molar-refractivity contribution in [3.05, 3.63) is 60.2 Å². The zero-order valence-electron chi connectivity index (χ0n) is 15.8. The van der Waals surface area contributed by atoms with Crippen LogP contribution in [0.25, 0.3) is 0 Å². The molecular formula is C21H27ClN2O3. The summed E-state index contributed by atoms with van der Waals surface area (Å²) in [4.78, 5) is 15.0. The van der Waals surface area contributed by atoms with Gasteiger partial charge in [0.1, 0.15) is 11.5 Å². The van der Waals surface area contributed by atoms with E-state index in [1.54, 1.807) is 7.11 Å². The number of ether oxygens (including phenoxy) is 2. The molecule has 5 nitrogen and oxygen atoms in total. The second-order valence-electron chi connectivity index (χ2n) is 6.52. The average Bonchev–Trinajstić information content (AvgIpc) is 2.72.